The molecule has 0 saturated carbocycles. The molecule has 2 aromatic rings. The lowest BCUT2D eigenvalue weighted by Gasteiger charge is -2.30. The van der Waals surface area contributed by atoms with Gasteiger partial charge in [0, 0.05) is 19.6 Å². The van der Waals surface area contributed by atoms with E-state index in [4.69, 9.17) is 4.42 Å². The molecule has 0 bridgehead atoms. The van der Waals surface area contributed by atoms with Gasteiger partial charge < -0.3 is 9.32 Å². The van der Waals surface area contributed by atoms with Crippen LogP contribution in [0.3, 0.4) is 0 Å². The summed E-state index contributed by atoms with van der Waals surface area (Å²) in [4.78, 5) is 14.9. The van der Waals surface area contributed by atoms with Gasteiger partial charge in [0.05, 0.1) is 35.7 Å². The predicted molar refractivity (Wildman–Crippen MR) is 118 cm³/mol. The first-order valence-electron chi connectivity index (χ1n) is 10.4. The maximum atomic E-state index is 13.2. The average molecular weight is 487 g/mol. The van der Waals surface area contributed by atoms with Gasteiger partial charge in [-0.1, -0.05) is 0 Å². The standard InChI is InChI=1S/C20H30N4O6S2/c1-6-23(17-9-11-31(26,27)13-17)20(25)16(4)24-15(3)19(14(2)21-24)32(28,29)22(5)12-18-8-7-10-30-18/h7-8,10,16-17H,6,9,11-13H2,1-5H3/t16-,17-/m1/s1. The van der Waals surface area contributed by atoms with Gasteiger partial charge in [0.2, 0.25) is 15.9 Å². The number of carbonyl (C=O) groups is 1. The van der Waals surface area contributed by atoms with Crippen molar-refractivity contribution in [1.82, 2.24) is 19.0 Å². The van der Waals surface area contributed by atoms with E-state index in [1.807, 2.05) is 0 Å². The van der Waals surface area contributed by atoms with Crippen molar-refractivity contribution < 1.29 is 26.0 Å². The maximum Gasteiger partial charge on any atom is 0.247 e. The van der Waals surface area contributed by atoms with Gasteiger partial charge in [0.25, 0.3) is 0 Å². The summed E-state index contributed by atoms with van der Waals surface area (Å²) in [5, 5.41) is 4.37. The van der Waals surface area contributed by atoms with E-state index in [1.165, 1.54) is 22.3 Å². The fourth-order valence-corrected chi connectivity index (χ4v) is 7.44. The quantitative estimate of drug-likeness (QED) is 0.554. The minimum Gasteiger partial charge on any atom is -0.468 e. The third-order valence-electron chi connectivity index (χ3n) is 5.88. The van der Waals surface area contributed by atoms with Crippen LogP contribution in [0.4, 0.5) is 0 Å². The Kier molecular flexibility index (Phi) is 6.87. The lowest BCUT2D eigenvalue weighted by molar-refractivity contribution is -0.136. The van der Waals surface area contributed by atoms with Crippen molar-refractivity contribution in [2.45, 2.75) is 57.6 Å². The van der Waals surface area contributed by atoms with Crippen molar-refractivity contribution in [3.8, 4) is 0 Å². The molecule has 2 atom stereocenters. The van der Waals surface area contributed by atoms with E-state index >= 15 is 0 Å². The number of sulfonamides is 1. The van der Waals surface area contributed by atoms with Crippen LogP contribution in [0.25, 0.3) is 0 Å². The summed E-state index contributed by atoms with van der Waals surface area (Å²) < 4.78 is 58.1. The van der Waals surface area contributed by atoms with Crippen LogP contribution < -0.4 is 0 Å². The van der Waals surface area contributed by atoms with E-state index in [9.17, 15) is 21.6 Å². The first-order chi connectivity index (χ1) is 14.9. The monoisotopic (exact) mass is 486 g/mol. The number of aryl methyl sites for hydroxylation is 1. The Morgan fingerprint density at radius 3 is 2.59 bits per heavy atom. The summed E-state index contributed by atoms with van der Waals surface area (Å²) in [7, 11) is -5.57. The molecule has 178 valence electrons. The molecule has 0 radical (unpaired) electrons. The normalized spacial score (nSPS) is 19.4. The molecule has 10 nitrogen and oxygen atoms in total. The second-order valence-electron chi connectivity index (χ2n) is 8.14. The van der Waals surface area contributed by atoms with Crippen molar-refractivity contribution in [2.75, 3.05) is 25.1 Å². The highest BCUT2D eigenvalue weighted by atomic mass is 32.2. The van der Waals surface area contributed by atoms with Crippen LogP contribution in [-0.2, 0) is 31.2 Å². The van der Waals surface area contributed by atoms with Crippen LogP contribution in [0, 0.1) is 13.8 Å². The molecule has 0 aromatic carbocycles. The van der Waals surface area contributed by atoms with Crippen LogP contribution in [0.2, 0.25) is 0 Å². The molecule has 0 N–H and O–H groups in total. The third-order valence-corrected chi connectivity index (χ3v) is 9.69. The maximum absolute atomic E-state index is 13.2. The van der Waals surface area contributed by atoms with Crippen LogP contribution in [0.5, 0.6) is 0 Å². The molecule has 1 aliphatic heterocycles. The molecule has 1 fully saturated rings. The minimum absolute atomic E-state index is 0.0480. The highest BCUT2D eigenvalue weighted by Crippen LogP contribution is 2.28. The summed E-state index contributed by atoms with van der Waals surface area (Å²) in [5.74, 6) is 0.244. The van der Waals surface area contributed by atoms with E-state index in [2.05, 4.69) is 5.10 Å². The van der Waals surface area contributed by atoms with Crippen molar-refractivity contribution in [2.24, 2.45) is 0 Å². The van der Waals surface area contributed by atoms with Gasteiger partial charge in [0.15, 0.2) is 9.84 Å². The molecular weight excluding hydrogens is 456 g/mol. The van der Waals surface area contributed by atoms with Gasteiger partial charge >= 0.3 is 0 Å². The molecule has 1 aliphatic rings. The lowest BCUT2D eigenvalue weighted by atomic mass is 10.2. The average Bonchev–Trinajstić information content (AvgIpc) is 3.41. The Labute approximate surface area is 189 Å². The number of sulfone groups is 1. The third kappa shape index (κ3) is 4.62. The Morgan fingerprint density at radius 2 is 2.06 bits per heavy atom. The Morgan fingerprint density at radius 1 is 1.38 bits per heavy atom. The number of likely N-dealkylation sites (N-methyl/N-ethyl adjacent to an activating group) is 1. The Balaban J connectivity index is 1.88. The van der Waals surface area contributed by atoms with Gasteiger partial charge in [0.1, 0.15) is 16.7 Å². The van der Waals surface area contributed by atoms with Crippen molar-refractivity contribution in [1.29, 1.82) is 0 Å². The summed E-state index contributed by atoms with van der Waals surface area (Å²) in [6.45, 7) is 7.09. The van der Waals surface area contributed by atoms with Crippen LogP contribution in [-0.4, -0.2) is 72.9 Å². The van der Waals surface area contributed by atoms with Gasteiger partial charge in [-0.15, -0.1) is 0 Å². The van der Waals surface area contributed by atoms with Gasteiger partial charge in [-0.3, -0.25) is 9.48 Å². The molecule has 1 amide bonds. The largest absolute Gasteiger partial charge is 0.468 e. The number of nitrogens with zero attached hydrogens (tertiary/aromatic N) is 4. The van der Waals surface area contributed by atoms with Gasteiger partial charge in [-0.2, -0.15) is 9.40 Å². The zero-order valence-corrected chi connectivity index (χ0v) is 20.6. The number of hydrogen-bond donors (Lipinski definition) is 0. The van der Waals surface area contributed by atoms with E-state index < -0.39 is 25.9 Å². The fourth-order valence-electron chi connectivity index (χ4n) is 4.22. The zero-order chi connectivity index (χ0) is 23.8. The summed E-state index contributed by atoms with van der Waals surface area (Å²) in [5.41, 5.74) is 0.643. The highest BCUT2D eigenvalue weighted by molar-refractivity contribution is 7.91. The SMILES string of the molecule is CCN(C(=O)[C@@H](C)n1nc(C)c(S(=O)(=O)N(C)Cc2ccco2)c1C)[C@@H]1CCS(=O)(=O)C1. The number of amides is 1. The summed E-state index contributed by atoms with van der Waals surface area (Å²) >= 11 is 0. The summed E-state index contributed by atoms with van der Waals surface area (Å²) in [6.07, 6.45) is 1.88. The predicted octanol–water partition coefficient (Wildman–Crippen LogP) is 1.51. The van der Waals surface area contributed by atoms with Crippen LogP contribution in [0.15, 0.2) is 27.7 Å². The second kappa shape index (κ2) is 8.99. The molecule has 1 saturated heterocycles. The van der Waals surface area contributed by atoms with Crippen molar-refractivity contribution in [3.05, 3.63) is 35.5 Å². The molecular formula is C20H30N4O6S2. The zero-order valence-electron chi connectivity index (χ0n) is 19.0. The molecule has 0 unspecified atom stereocenters. The van der Waals surface area contributed by atoms with Crippen LogP contribution >= 0.6 is 0 Å². The lowest BCUT2D eigenvalue weighted by Crippen LogP contribution is -2.44. The highest BCUT2D eigenvalue weighted by Gasteiger charge is 2.37. The van der Waals surface area contributed by atoms with E-state index in [-0.39, 0.29) is 34.9 Å². The first-order valence-corrected chi connectivity index (χ1v) is 13.7. The Bertz CT molecular complexity index is 1190. The van der Waals surface area contributed by atoms with E-state index in [0.29, 0.717) is 30.1 Å². The molecule has 2 aromatic heterocycles. The number of furan rings is 1. The molecule has 3 heterocycles. The van der Waals surface area contributed by atoms with E-state index in [1.54, 1.807) is 44.7 Å². The molecule has 0 aliphatic carbocycles. The van der Waals surface area contributed by atoms with E-state index in [0.717, 1.165) is 0 Å². The number of aromatic nitrogens is 2. The molecule has 32 heavy (non-hydrogen) atoms. The van der Waals surface area contributed by atoms with Crippen molar-refractivity contribution >= 4 is 25.8 Å². The first kappa shape index (κ1) is 24.5. The molecule has 0 spiro atoms. The smallest absolute Gasteiger partial charge is 0.247 e. The van der Waals surface area contributed by atoms with Gasteiger partial charge in [-0.05, 0) is 46.2 Å². The number of carbonyl (C=O) groups excluding carboxylic acids is 1. The molecule has 12 heteroatoms. The fraction of sp³-hybridized carbons (Fsp3) is 0.600. The van der Waals surface area contributed by atoms with Crippen molar-refractivity contribution in [3.63, 3.8) is 0 Å². The molecule has 3 rings (SSSR count). The Hall–Kier alpha value is -2.18. The second-order valence-corrected chi connectivity index (χ2v) is 12.4. The minimum atomic E-state index is -3.89. The van der Waals surface area contributed by atoms with Crippen LogP contribution in [0.1, 0.15) is 43.5 Å². The topological polar surface area (TPSA) is 123 Å². The summed E-state index contributed by atoms with van der Waals surface area (Å²) in [6, 6.07) is 2.22. The number of hydrogen-bond acceptors (Lipinski definition) is 7. The van der Waals surface area contributed by atoms with Gasteiger partial charge in [-0.25, -0.2) is 16.8 Å². The number of rotatable bonds is 8.